The van der Waals surface area contributed by atoms with Crippen LogP contribution in [0.4, 0.5) is 5.95 Å². The molecule has 0 bridgehead atoms. The predicted molar refractivity (Wildman–Crippen MR) is 111 cm³/mol. The number of nitrogens with zero attached hydrogens (tertiary/aromatic N) is 4. The Morgan fingerprint density at radius 3 is 2.46 bits per heavy atom. The maximum absolute atomic E-state index is 13.0. The van der Waals surface area contributed by atoms with Crippen LogP contribution in [0.1, 0.15) is 61.8 Å². The van der Waals surface area contributed by atoms with Crippen LogP contribution in [0.25, 0.3) is 0 Å². The average molecular weight is 398 g/mol. The van der Waals surface area contributed by atoms with Crippen LogP contribution in [0.2, 0.25) is 0 Å². The molecule has 2 heterocycles. The number of thioether (sulfide) groups is 1. The third kappa shape index (κ3) is 3.90. The van der Waals surface area contributed by atoms with Gasteiger partial charge in [-0.15, -0.1) is 10.2 Å². The fourth-order valence-corrected chi connectivity index (χ4v) is 4.93. The zero-order valence-electron chi connectivity index (χ0n) is 16.1. The largest absolute Gasteiger partial charge is 0.352 e. The summed E-state index contributed by atoms with van der Waals surface area (Å²) in [6.45, 7) is 2.11. The van der Waals surface area contributed by atoms with E-state index in [1.54, 1.807) is 11.8 Å². The highest BCUT2D eigenvalue weighted by atomic mass is 32.2. The molecule has 28 heavy (non-hydrogen) atoms. The first-order chi connectivity index (χ1) is 13.8. The van der Waals surface area contributed by atoms with Gasteiger partial charge in [0.05, 0.1) is 0 Å². The molecule has 0 spiro atoms. The van der Waals surface area contributed by atoms with Crippen LogP contribution in [-0.4, -0.2) is 39.8 Å². The van der Waals surface area contributed by atoms with Crippen molar-refractivity contribution in [1.29, 1.82) is 0 Å². The summed E-state index contributed by atoms with van der Waals surface area (Å²) in [5.74, 6) is 1.09. The van der Waals surface area contributed by atoms with Crippen LogP contribution >= 0.6 is 11.8 Å². The number of carbonyl (C=O) groups is 1. The number of carbonyl (C=O) groups excluding carboxylic acids is 1. The Morgan fingerprint density at radius 1 is 1.04 bits per heavy atom. The van der Waals surface area contributed by atoms with Gasteiger partial charge >= 0.3 is 0 Å². The lowest BCUT2D eigenvalue weighted by Gasteiger charge is -2.28. The predicted octanol–water partition coefficient (Wildman–Crippen LogP) is 3.72. The van der Waals surface area contributed by atoms with Gasteiger partial charge in [-0.2, -0.15) is 0 Å². The van der Waals surface area contributed by atoms with Gasteiger partial charge in [0.15, 0.2) is 5.16 Å². The number of hydrogen-bond donors (Lipinski definition) is 1. The number of hydrogen-bond acceptors (Lipinski definition) is 5. The molecular weight excluding hydrogens is 370 g/mol. The second-order valence-corrected chi connectivity index (χ2v) is 9.20. The van der Waals surface area contributed by atoms with Gasteiger partial charge in [0.2, 0.25) is 11.9 Å². The normalized spacial score (nSPS) is 20.8. The quantitative estimate of drug-likeness (QED) is 0.722. The van der Waals surface area contributed by atoms with Gasteiger partial charge in [0.25, 0.3) is 0 Å². The van der Waals surface area contributed by atoms with Crippen molar-refractivity contribution >= 4 is 23.6 Å². The summed E-state index contributed by atoms with van der Waals surface area (Å²) in [4.78, 5) is 15.4. The number of nitrogens with one attached hydrogen (secondary N) is 1. The standard InChI is InChI=1S/C21H27N5OS/c27-19(22-16-9-10-16)18(15-7-3-1-4-8-15)28-21-24-23-20(26(21)17-11-12-17)25-13-5-2-6-14-25/h1,3-4,7-8,16-18H,2,5-6,9-14H2,(H,22,27). The second kappa shape index (κ2) is 7.78. The molecule has 1 aromatic heterocycles. The summed E-state index contributed by atoms with van der Waals surface area (Å²) in [7, 11) is 0. The monoisotopic (exact) mass is 397 g/mol. The Morgan fingerprint density at radius 2 is 1.79 bits per heavy atom. The average Bonchev–Trinajstić information content (AvgIpc) is 3.67. The molecule has 7 heteroatoms. The van der Waals surface area contributed by atoms with E-state index in [0.717, 1.165) is 42.6 Å². The zero-order valence-corrected chi connectivity index (χ0v) is 16.9. The molecule has 2 aliphatic carbocycles. The molecule has 3 fully saturated rings. The highest BCUT2D eigenvalue weighted by Crippen LogP contribution is 2.44. The molecule has 6 nitrogen and oxygen atoms in total. The Kier molecular flexibility index (Phi) is 5.01. The summed E-state index contributed by atoms with van der Waals surface area (Å²) < 4.78 is 2.30. The molecule has 1 amide bonds. The first-order valence-corrected chi connectivity index (χ1v) is 11.4. The van der Waals surface area contributed by atoms with Crippen LogP contribution in [0.3, 0.4) is 0 Å². The van der Waals surface area contributed by atoms with E-state index in [-0.39, 0.29) is 11.2 Å². The molecule has 1 saturated heterocycles. The van der Waals surface area contributed by atoms with E-state index in [0.29, 0.717) is 12.1 Å². The van der Waals surface area contributed by atoms with Crippen molar-refractivity contribution in [2.75, 3.05) is 18.0 Å². The van der Waals surface area contributed by atoms with E-state index in [9.17, 15) is 4.79 Å². The zero-order chi connectivity index (χ0) is 18.9. The fourth-order valence-electron chi connectivity index (χ4n) is 3.82. The maximum Gasteiger partial charge on any atom is 0.238 e. The molecule has 0 radical (unpaired) electrons. The molecule has 5 rings (SSSR count). The lowest BCUT2D eigenvalue weighted by Crippen LogP contribution is -2.32. The minimum absolute atomic E-state index is 0.0866. The number of piperidine rings is 1. The van der Waals surface area contributed by atoms with E-state index in [4.69, 9.17) is 0 Å². The fraction of sp³-hybridized carbons (Fsp3) is 0.571. The minimum atomic E-state index is -0.294. The van der Waals surface area contributed by atoms with Gasteiger partial charge in [0, 0.05) is 25.2 Å². The van der Waals surface area contributed by atoms with Crippen molar-refractivity contribution in [3.05, 3.63) is 35.9 Å². The Hall–Kier alpha value is -2.02. The highest BCUT2D eigenvalue weighted by Gasteiger charge is 2.35. The Labute approximate surface area is 170 Å². The molecule has 3 aliphatic rings. The molecule has 1 atom stereocenters. The topological polar surface area (TPSA) is 63.1 Å². The van der Waals surface area contributed by atoms with E-state index < -0.39 is 0 Å². The van der Waals surface area contributed by atoms with Gasteiger partial charge in [-0.1, -0.05) is 42.1 Å². The molecule has 1 aromatic carbocycles. The van der Waals surface area contributed by atoms with Crippen LogP contribution < -0.4 is 10.2 Å². The summed E-state index contributed by atoms with van der Waals surface area (Å²) in [6, 6.07) is 10.9. The molecular formula is C21H27N5OS. The Balaban J connectivity index is 1.43. The number of benzene rings is 1. The lowest BCUT2D eigenvalue weighted by molar-refractivity contribution is -0.120. The van der Waals surface area contributed by atoms with Gasteiger partial charge in [-0.3, -0.25) is 9.36 Å². The third-order valence-electron chi connectivity index (χ3n) is 5.68. The molecule has 1 N–H and O–H groups in total. The smallest absolute Gasteiger partial charge is 0.238 e. The number of aromatic nitrogens is 3. The van der Waals surface area contributed by atoms with Gasteiger partial charge in [-0.05, 0) is 50.5 Å². The van der Waals surface area contributed by atoms with Crippen molar-refractivity contribution in [3.63, 3.8) is 0 Å². The SMILES string of the molecule is O=C(NC1CC1)C(Sc1nnc(N2CCCCC2)n1C1CC1)c1ccccc1. The number of rotatable bonds is 7. The van der Waals surface area contributed by atoms with E-state index >= 15 is 0 Å². The van der Waals surface area contributed by atoms with Crippen molar-refractivity contribution in [2.45, 2.75) is 67.4 Å². The first kappa shape index (κ1) is 18.0. The summed E-state index contributed by atoms with van der Waals surface area (Å²) in [5, 5.41) is 12.9. The minimum Gasteiger partial charge on any atom is -0.352 e. The van der Waals surface area contributed by atoms with Crippen molar-refractivity contribution in [1.82, 2.24) is 20.1 Å². The highest BCUT2D eigenvalue weighted by molar-refractivity contribution is 8.00. The van der Waals surface area contributed by atoms with Crippen LogP contribution in [0.5, 0.6) is 0 Å². The maximum atomic E-state index is 13.0. The van der Waals surface area contributed by atoms with E-state index in [1.165, 1.54) is 32.1 Å². The van der Waals surface area contributed by atoms with Crippen LogP contribution in [-0.2, 0) is 4.79 Å². The van der Waals surface area contributed by atoms with Gasteiger partial charge in [-0.25, -0.2) is 0 Å². The lowest BCUT2D eigenvalue weighted by atomic mass is 10.1. The number of amides is 1. The third-order valence-corrected chi connectivity index (χ3v) is 6.90. The van der Waals surface area contributed by atoms with Crippen molar-refractivity contribution < 1.29 is 4.79 Å². The molecule has 1 aliphatic heterocycles. The summed E-state index contributed by atoms with van der Waals surface area (Å²) >= 11 is 1.55. The van der Waals surface area contributed by atoms with Crippen LogP contribution in [0.15, 0.2) is 35.5 Å². The van der Waals surface area contributed by atoms with Crippen LogP contribution in [0, 0.1) is 0 Å². The van der Waals surface area contributed by atoms with Crippen molar-refractivity contribution in [2.24, 2.45) is 0 Å². The number of anilines is 1. The summed E-state index contributed by atoms with van der Waals surface area (Å²) in [5.41, 5.74) is 1.02. The van der Waals surface area contributed by atoms with E-state index in [2.05, 4.69) is 25.0 Å². The molecule has 148 valence electrons. The summed E-state index contributed by atoms with van der Waals surface area (Å²) in [6.07, 6.45) is 8.28. The van der Waals surface area contributed by atoms with Gasteiger partial charge in [0.1, 0.15) is 5.25 Å². The Bertz CT molecular complexity index is 825. The molecule has 2 aromatic rings. The molecule has 1 unspecified atom stereocenters. The first-order valence-electron chi connectivity index (χ1n) is 10.5. The van der Waals surface area contributed by atoms with Crippen molar-refractivity contribution in [3.8, 4) is 0 Å². The molecule has 2 saturated carbocycles. The van der Waals surface area contributed by atoms with Gasteiger partial charge < -0.3 is 10.2 Å². The second-order valence-electron chi connectivity index (χ2n) is 8.12. The van der Waals surface area contributed by atoms with E-state index in [1.807, 2.05) is 30.3 Å².